The first-order chi connectivity index (χ1) is 9.42. The zero-order valence-corrected chi connectivity index (χ0v) is 13.5. The minimum Gasteiger partial charge on any atom is -0.495 e. The van der Waals surface area contributed by atoms with Gasteiger partial charge in [-0.2, -0.15) is 0 Å². The fourth-order valence-electron chi connectivity index (χ4n) is 1.48. The summed E-state index contributed by atoms with van der Waals surface area (Å²) in [4.78, 5) is 4.04. The van der Waals surface area contributed by atoms with E-state index in [2.05, 4.69) is 25.6 Å². The van der Waals surface area contributed by atoms with Crippen LogP contribution in [-0.4, -0.2) is 20.5 Å². The van der Waals surface area contributed by atoms with E-state index in [-0.39, 0.29) is 15.7 Å². The highest BCUT2D eigenvalue weighted by Crippen LogP contribution is 2.27. The Morgan fingerprint density at radius 2 is 2.05 bits per heavy atom. The van der Waals surface area contributed by atoms with Crippen molar-refractivity contribution in [3.05, 3.63) is 46.0 Å². The lowest BCUT2D eigenvalue weighted by Gasteiger charge is -2.09. The third-order valence-electron chi connectivity index (χ3n) is 2.39. The summed E-state index contributed by atoms with van der Waals surface area (Å²) in [6, 6.07) is 9.14. The molecule has 1 aromatic heterocycles. The molecule has 0 bridgehead atoms. The average molecular weight is 378 g/mol. The standard InChI is InChI=1S/C12H10BrClN2O3S/c1-19-10-6-5-8(7-9(10)14)20(17,18)16-12-4-2-3-11(13)15-12/h2-7H,1H3,(H,15,16). The van der Waals surface area contributed by atoms with E-state index in [1.54, 1.807) is 18.2 Å². The zero-order valence-electron chi connectivity index (χ0n) is 10.3. The number of hydrogen-bond acceptors (Lipinski definition) is 4. The Morgan fingerprint density at radius 3 is 2.65 bits per heavy atom. The number of benzene rings is 1. The van der Waals surface area contributed by atoms with Gasteiger partial charge < -0.3 is 4.74 Å². The van der Waals surface area contributed by atoms with Crippen LogP contribution in [0.1, 0.15) is 0 Å². The molecular weight excluding hydrogens is 368 g/mol. The molecule has 1 N–H and O–H groups in total. The highest BCUT2D eigenvalue weighted by atomic mass is 79.9. The van der Waals surface area contributed by atoms with Gasteiger partial charge in [0.1, 0.15) is 16.2 Å². The number of hydrogen-bond donors (Lipinski definition) is 1. The first-order valence-electron chi connectivity index (χ1n) is 5.41. The molecule has 0 unspecified atom stereocenters. The number of nitrogens with one attached hydrogen (secondary N) is 1. The van der Waals surface area contributed by atoms with E-state index in [1.165, 1.54) is 25.3 Å². The average Bonchev–Trinajstić information content (AvgIpc) is 2.38. The first-order valence-corrected chi connectivity index (χ1v) is 8.07. The van der Waals surface area contributed by atoms with Crippen molar-refractivity contribution in [2.75, 3.05) is 11.8 Å². The van der Waals surface area contributed by atoms with E-state index in [4.69, 9.17) is 16.3 Å². The molecule has 106 valence electrons. The fraction of sp³-hybridized carbons (Fsp3) is 0.0833. The summed E-state index contributed by atoms with van der Waals surface area (Å²) in [5.74, 6) is 0.623. The van der Waals surface area contributed by atoms with Gasteiger partial charge in [-0.1, -0.05) is 17.7 Å². The highest BCUT2D eigenvalue weighted by Gasteiger charge is 2.16. The molecule has 1 heterocycles. The summed E-state index contributed by atoms with van der Waals surface area (Å²) in [5, 5.41) is 0.220. The molecule has 0 atom stereocenters. The van der Waals surface area contributed by atoms with Crippen LogP contribution < -0.4 is 9.46 Å². The summed E-state index contributed by atoms with van der Waals surface area (Å²) in [7, 11) is -2.29. The molecular formula is C12H10BrClN2O3S. The largest absolute Gasteiger partial charge is 0.495 e. The van der Waals surface area contributed by atoms with Gasteiger partial charge >= 0.3 is 0 Å². The third-order valence-corrected chi connectivity index (χ3v) is 4.48. The molecule has 0 radical (unpaired) electrons. The molecule has 1 aromatic carbocycles. The molecule has 0 aliphatic carbocycles. The van der Waals surface area contributed by atoms with Crippen molar-refractivity contribution in [1.82, 2.24) is 4.98 Å². The van der Waals surface area contributed by atoms with Gasteiger partial charge in [0.25, 0.3) is 10.0 Å². The van der Waals surface area contributed by atoms with Gasteiger partial charge in [-0.05, 0) is 46.3 Å². The minimum atomic E-state index is -3.75. The number of halogens is 2. The zero-order chi connectivity index (χ0) is 14.8. The number of rotatable bonds is 4. The van der Waals surface area contributed by atoms with Crippen molar-refractivity contribution in [3.8, 4) is 5.75 Å². The van der Waals surface area contributed by atoms with E-state index >= 15 is 0 Å². The second kappa shape index (κ2) is 5.99. The number of sulfonamides is 1. The van der Waals surface area contributed by atoms with Gasteiger partial charge in [-0.25, -0.2) is 13.4 Å². The fourth-order valence-corrected chi connectivity index (χ4v) is 3.17. The number of ether oxygens (including phenoxy) is 1. The van der Waals surface area contributed by atoms with Gasteiger partial charge in [0.2, 0.25) is 0 Å². The van der Waals surface area contributed by atoms with Gasteiger partial charge in [-0.15, -0.1) is 0 Å². The Morgan fingerprint density at radius 1 is 1.30 bits per heavy atom. The normalized spacial score (nSPS) is 11.2. The van der Waals surface area contributed by atoms with Crippen LogP contribution in [0.4, 0.5) is 5.82 Å². The van der Waals surface area contributed by atoms with Crippen molar-refractivity contribution in [2.24, 2.45) is 0 Å². The van der Waals surface area contributed by atoms with Crippen LogP contribution in [0, 0.1) is 0 Å². The van der Waals surface area contributed by atoms with Crippen LogP contribution >= 0.6 is 27.5 Å². The molecule has 2 aromatic rings. The Labute approximate surface area is 130 Å². The number of anilines is 1. The van der Waals surface area contributed by atoms with Crippen LogP contribution in [0.15, 0.2) is 45.9 Å². The Balaban J connectivity index is 2.33. The smallest absolute Gasteiger partial charge is 0.263 e. The highest BCUT2D eigenvalue weighted by molar-refractivity contribution is 9.10. The summed E-state index contributed by atoms with van der Waals surface area (Å²) in [5.41, 5.74) is 0. The molecule has 0 saturated carbocycles. The van der Waals surface area contributed by atoms with Crippen LogP contribution in [0.2, 0.25) is 5.02 Å². The van der Waals surface area contributed by atoms with Gasteiger partial charge in [0.05, 0.1) is 17.0 Å². The SMILES string of the molecule is COc1ccc(S(=O)(=O)Nc2cccc(Br)n2)cc1Cl. The van der Waals surface area contributed by atoms with E-state index < -0.39 is 10.0 Å². The maximum Gasteiger partial charge on any atom is 0.263 e. The quantitative estimate of drug-likeness (QED) is 0.830. The topological polar surface area (TPSA) is 68.3 Å². The molecule has 20 heavy (non-hydrogen) atoms. The molecule has 0 spiro atoms. The lowest BCUT2D eigenvalue weighted by molar-refractivity contribution is 0.414. The molecule has 0 amide bonds. The Kier molecular flexibility index (Phi) is 4.52. The van der Waals surface area contributed by atoms with Crippen LogP contribution in [0.5, 0.6) is 5.75 Å². The summed E-state index contributed by atoms with van der Waals surface area (Å²) in [6.07, 6.45) is 0. The number of aromatic nitrogens is 1. The molecule has 0 fully saturated rings. The predicted octanol–water partition coefficient (Wildman–Crippen LogP) is 3.31. The number of pyridine rings is 1. The maximum absolute atomic E-state index is 12.2. The van der Waals surface area contributed by atoms with Crippen LogP contribution in [0.3, 0.4) is 0 Å². The van der Waals surface area contributed by atoms with Crippen molar-refractivity contribution in [1.29, 1.82) is 0 Å². The molecule has 5 nitrogen and oxygen atoms in total. The summed E-state index contributed by atoms with van der Waals surface area (Å²) < 4.78 is 32.3. The summed E-state index contributed by atoms with van der Waals surface area (Å²) >= 11 is 9.10. The second-order valence-corrected chi connectivity index (χ2v) is 6.65. The van der Waals surface area contributed by atoms with Gasteiger partial charge in [-0.3, -0.25) is 4.72 Å². The van der Waals surface area contributed by atoms with Crippen molar-refractivity contribution >= 4 is 43.4 Å². The van der Waals surface area contributed by atoms with Gasteiger partial charge in [0, 0.05) is 0 Å². The van der Waals surface area contributed by atoms with Crippen molar-refractivity contribution < 1.29 is 13.2 Å². The Hall–Kier alpha value is -1.31. The molecule has 0 aliphatic rings. The monoisotopic (exact) mass is 376 g/mol. The second-order valence-electron chi connectivity index (χ2n) is 3.75. The maximum atomic E-state index is 12.2. The van der Waals surface area contributed by atoms with Crippen LogP contribution in [0.25, 0.3) is 0 Å². The molecule has 2 rings (SSSR count). The number of nitrogens with zero attached hydrogens (tertiary/aromatic N) is 1. The minimum absolute atomic E-state index is 0.0325. The lowest BCUT2D eigenvalue weighted by Crippen LogP contribution is -2.14. The van der Waals surface area contributed by atoms with Crippen molar-refractivity contribution in [3.63, 3.8) is 0 Å². The number of methoxy groups -OCH3 is 1. The lowest BCUT2D eigenvalue weighted by atomic mass is 10.3. The molecule has 0 aliphatic heterocycles. The van der Waals surface area contributed by atoms with Crippen molar-refractivity contribution in [2.45, 2.75) is 4.90 Å². The van der Waals surface area contributed by atoms with E-state index in [1.807, 2.05) is 0 Å². The van der Waals surface area contributed by atoms with E-state index in [0.717, 1.165) is 0 Å². The van der Waals surface area contributed by atoms with E-state index in [9.17, 15) is 8.42 Å². The van der Waals surface area contributed by atoms with E-state index in [0.29, 0.717) is 10.4 Å². The van der Waals surface area contributed by atoms with Crippen LogP contribution in [-0.2, 0) is 10.0 Å². The Bertz CT molecular complexity index is 737. The summed E-state index contributed by atoms with van der Waals surface area (Å²) in [6.45, 7) is 0. The van der Waals surface area contributed by atoms with Gasteiger partial charge in [0.15, 0.2) is 0 Å². The third kappa shape index (κ3) is 3.41. The molecule has 8 heteroatoms. The predicted molar refractivity (Wildman–Crippen MR) is 80.7 cm³/mol. The molecule has 0 saturated heterocycles. The first kappa shape index (κ1) is 15.1.